The van der Waals surface area contributed by atoms with E-state index in [0.29, 0.717) is 12.5 Å². The molecule has 0 aliphatic carbocycles. The van der Waals surface area contributed by atoms with Crippen LogP contribution in [-0.2, 0) is 6.61 Å². The summed E-state index contributed by atoms with van der Waals surface area (Å²) in [5, 5.41) is 3.20. The topological polar surface area (TPSA) is 34.1 Å². The fraction of sp³-hybridized carbons (Fsp3) is 0.353. The molecule has 2 rings (SSSR count). The molecule has 3 heteroatoms. The largest absolute Gasteiger partial charge is 0.487 e. The Morgan fingerprint density at radius 2 is 1.90 bits per heavy atom. The van der Waals surface area contributed by atoms with E-state index in [1.807, 2.05) is 26.1 Å². The van der Waals surface area contributed by atoms with Crippen molar-refractivity contribution >= 4 is 0 Å². The van der Waals surface area contributed by atoms with Gasteiger partial charge in [-0.15, -0.1) is 0 Å². The molecule has 0 saturated heterocycles. The summed E-state index contributed by atoms with van der Waals surface area (Å²) in [6.07, 6.45) is 1.76. The van der Waals surface area contributed by atoms with Gasteiger partial charge >= 0.3 is 0 Å². The average molecular weight is 270 g/mol. The highest BCUT2D eigenvalue weighted by molar-refractivity contribution is 5.26. The van der Waals surface area contributed by atoms with Crippen molar-refractivity contribution in [2.45, 2.75) is 26.4 Å². The average Bonchev–Trinajstić information content (AvgIpc) is 2.47. The van der Waals surface area contributed by atoms with Gasteiger partial charge in [0.2, 0.25) is 0 Å². The van der Waals surface area contributed by atoms with Gasteiger partial charge in [-0.05, 0) is 43.1 Å². The number of aryl methyl sites for hydroxylation is 1. The number of aromatic nitrogens is 1. The standard InChI is InChI=1S/C17H22N2O/c1-13(10-18-3)16-7-5-15(6-8-16)12-20-17-9-4-14(2)19-11-17/h4-9,11,13,18H,10,12H2,1-3H3. The van der Waals surface area contributed by atoms with Gasteiger partial charge in [-0.2, -0.15) is 0 Å². The number of ether oxygens (including phenoxy) is 1. The maximum absolute atomic E-state index is 5.72. The maximum atomic E-state index is 5.72. The summed E-state index contributed by atoms with van der Waals surface area (Å²) >= 11 is 0. The van der Waals surface area contributed by atoms with Crippen LogP contribution in [0.3, 0.4) is 0 Å². The SMILES string of the molecule is CNCC(C)c1ccc(COc2ccc(C)nc2)cc1. The van der Waals surface area contributed by atoms with E-state index in [-0.39, 0.29) is 0 Å². The molecular formula is C17H22N2O. The smallest absolute Gasteiger partial charge is 0.138 e. The second-order valence-electron chi connectivity index (χ2n) is 5.12. The summed E-state index contributed by atoms with van der Waals surface area (Å²) in [6.45, 7) is 5.76. The zero-order valence-corrected chi connectivity index (χ0v) is 12.4. The van der Waals surface area contributed by atoms with Gasteiger partial charge in [0.1, 0.15) is 12.4 Å². The summed E-state index contributed by atoms with van der Waals surface area (Å²) in [5.41, 5.74) is 3.52. The molecule has 0 radical (unpaired) electrons. The van der Waals surface area contributed by atoms with Gasteiger partial charge in [-0.25, -0.2) is 0 Å². The van der Waals surface area contributed by atoms with Gasteiger partial charge in [0, 0.05) is 12.2 Å². The highest BCUT2D eigenvalue weighted by Crippen LogP contribution is 2.16. The first-order valence-corrected chi connectivity index (χ1v) is 6.98. The van der Waals surface area contributed by atoms with E-state index in [9.17, 15) is 0 Å². The minimum Gasteiger partial charge on any atom is -0.487 e. The van der Waals surface area contributed by atoms with Crippen molar-refractivity contribution in [3.8, 4) is 5.75 Å². The Hall–Kier alpha value is -1.87. The highest BCUT2D eigenvalue weighted by atomic mass is 16.5. The van der Waals surface area contributed by atoms with Crippen LogP contribution in [-0.4, -0.2) is 18.6 Å². The lowest BCUT2D eigenvalue weighted by molar-refractivity contribution is 0.305. The molecule has 0 aliphatic rings. The molecule has 0 spiro atoms. The van der Waals surface area contributed by atoms with E-state index < -0.39 is 0 Å². The summed E-state index contributed by atoms with van der Waals surface area (Å²) in [7, 11) is 1.98. The Labute approximate surface area is 121 Å². The number of benzene rings is 1. The van der Waals surface area contributed by atoms with Crippen molar-refractivity contribution in [3.05, 3.63) is 59.4 Å². The third-order valence-electron chi connectivity index (χ3n) is 3.35. The molecule has 3 nitrogen and oxygen atoms in total. The van der Waals surface area contributed by atoms with Gasteiger partial charge in [0.05, 0.1) is 6.20 Å². The van der Waals surface area contributed by atoms with Gasteiger partial charge in [0.15, 0.2) is 0 Å². The van der Waals surface area contributed by atoms with Gasteiger partial charge in [-0.1, -0.05) is 31.2 Å². The quantitative estimate of drug-likeness (QED) is 0.874. The molecule has 1 atom stereocenters. The fourth-order valence-corrected chi connectivity index (χ4v) is 2.07. The molecule has 0 saturated carbocycles. The first-order chi connectivity index (χ1) is 9.69. The van der Waals surface area contributed by atoms with Crippen LogP contribution in [0.2, 0.25) is 0 Å². The number of nitrogens with zero attached hydrogens (tertiary/aromatic N) is 1. The van der Waals surface area contributed by atoms with E-state index in [1.165, 1.54) is 11.1 Å². The van der Waals surface area contributed by atoms with Crippen LogP contribution in [0.5, 0.6) is 5.75 Å². The predicted octanol–water partition coefficient (Wildman–Crippen LogP) is 3.29. The number of rotatable bonds is 6. The second kappa shape index (κ2) is 7.06. The van der Waals surface area contributed by atoms with E-state index in [4.69, 9.17) is 4.74 Å². The van der Waals surface area contributed by atoms with Crippen LogP contribution in [0.1, 0.15) is 29.7 Å². The molecule has 106 valence electrons. The molecule has 1 aromatic heterocycles. The molecule has 1 N–H and O–H groups in total. The van der Waals surface area contributed by atoms with Crippen LogP contribution >= 0.6 is 0 Å². The Kier molecular flexibility index (Phi) is 5.13. The highest BCUT2D eigenvalue weighted by Gasteiger charge is 2.04. The summed E-state index contributed by atoms with van der Waals surface area (Å²) in [4.78, 5) is 4.22. The minimum atomic E-state index is 0.524. The molecular weight excluding hydrogens is 248 g/mol. The number of nitrogens with one attached hydrogen (secondary N) is 1. The molecule has 0 bridgehead atoms. The van der Waals surface area contributed by atoms with E-state index in [0.717, 1.165) is 18.0 Å². The van der Waals surface area contributed by atoms with Crippen molar-refractivity contribution in [1.82, 2.24) is 10.3 Å². The second-order valence-corrected chi connectivity index (χ2v) is 5.12. The molecule has 0 fully saturated rings. The van der Waals surface area contributed by atoms with E-state index >= 15 is 0 Å². The third-order valence-corrected chi connectivity index (χ3v) is 3.35. The number of hydrogen-bond acceptors (Lipinski definition) is 3. The summed E-state index contributed by atoms with van der Waals surface area (Å²) in [6, 6.07) is 12.5. The molecule has 2 aromatic rings. The minimum absolute atomic E-state index is 0.524. The summed E-state index contributed by atoms with van der Waals surface area (Å²) in [5.74, 6) is 1.33. The van der Waals surface area contributed by atoms with Crippen molar-refractivity contribution in [2.75, 3.05) is 13.6 Å². The lowest BCUT2D eigenvalue weighted by atomic mass is 10.00. The molecule has 0 aliphatic heterocycles. The van der Waals surface area contributed by atoms with Gasteiger partial charge < -0.3 is 10.1 Å². The van der Waals surface area contributed by atoms with Crippen molar-refractivity contribution in [2.24, 2.45) is 0 Å². The zero-order valence-electron chi connectivity index (χ0n) is 12.4. The zero-order chi connectivity index (χ0) is 14.4. The molecule has 1 aromatic carbocycles. The monoisotopic (exact) mass is 270 g/mol. The summed E-state index contributed by atoms with van der Waals surface area (Å²) < 4.78 is 5.72. The molecule has 1 unspecified atom stereocenters. The Balaban J connectivity index is 1.92. The normalized spacial score (nSPS) is 12.2. The Bertz CT molecular complexity index is 520. The molecule has 1 heterocycles. The Morgan fingerprint density at radius 1 is 1.15 bits per heavy atom. The van der Waals surface area contributed by atoms with Crippen LogP contribution in [0, 0.1) is 6.92 Å². The Morgan fingerprint density at radius 3 is 2.50 bits per heavy atom. The molecule has 0 amide bonds. The van der Waals surface area contributed by atoms with Crippen LogP contribution < -0.4 is 10.1 Å². The fourth-order valence-electron chi connectivity index (χ4n) is 2.07. The van der Waals surface area contributed by atoms with Crippen molar-refractivity contribution in [3.63, 3.8) is 0 Å². The number of hydrogen-bond donors (Lipinski definition) is 1. The molecule has 20 heavy (non-hydrogen) atoms. The van der Waals surface area contributed by atoms with Crippen molar-refractivity contribution < 1.29 is 4.74 Å². The predicted molar refractivity (Wildman–Crippen MR) is 82.1 cm³/mol. The third kappa shape index (κ3) is 4.07. The van der Waals surface area contributed by atoms with E-state index in [1.54, 1.807) is 6.20 Å². The van der Waals surface area contributed by atoms with Crippen LogP contribution in [0.25, 0.3) is 0 Å². The first kappa shape index (κ1) is 14.5. The van der Waals surface area contributed by atoms with E-state index in [2.05, 4.69) is 41.5 Å². The maximum Gasteiger partial charge on any atom is 0.138 e. The van der Waals surface area contributed by atoms with Gasteiger partial charge in [-0.3, -0.25) is 4.98 Å². The lowest BCUT2D eigenvalue weighted by Crippen LogP contribution is -2.14. The van der Waals surface area contributed by atoms with Crippen LogP contribution in [0.15, 0.2) is 42.6 Å². The van der Waals surface area contributed by atoms with Crippen LogP contribution in [0.4, 0.5) is 0 Å². The van der Waals surface area contributed by atoms with Crippen molar-refractivity contribution in [1.29, 1.82) is 0 Å². The number of likely N-dealkylation sites (N-methyl/N-ethyl adjacent to an activating group) is 1. The van der Waals surface area contributed by atoms with Gasteiger partial charge in [0.25, 0.3) is 0 Å². The number of pyridine rings is 1. The first-order valence-electron chi connectivity index (χ1n) is 6.98. The lowest BCUT2D eigenvalue weighted by Gasteiger charge is -2.12.